The zero-order valence-electron chi connectivity index (χ0n) is 17.3. The lowest BCUT2D eigenvalue weighted by Crippen LogP contribution is -2.54. The third-order valence-corrected chi connectivity index (χ3v) is 4.87. The second kappa shape index (κ2) is 9.18. The Balaban J connectivity index is 1.52. The molecule has 160 valence electrons. The van der Waals surface area contributed by atoms with E-state index in [2.05, 4.69) is 5.32 Å². The first-order valence-electron chi connectivity index (χ1n) is 9.87. The number of carbonyl (C=O) groups is 3. The Morgan fingerprint density at radius 2 is 1.50 bits per heavy atom. The minimum Gasteiger partial charge on any atom is -0.497 e. The van der Waals surface area contributed by atoms with E-state index in [1.165, 1.54) is 13.2 Å². The van der Waals surface area contributed by atoms with E-state index in [0.29, 0.717) is 29.4 Å². The number of urea groups is 1. The number of amides is 4. The Hall–Kier alpha value is -4.39. The molecule has 0 unspecified atom stereocenters. The molecule has 4 amide bonds. The first-order chi connectivity index (χ1) is 15.5. The van der Waals surface area contributed by atoms with E-state index in [-0.39, 0.29) is 5.57 Å². The molecule has 4 rings (SSSR count). The summed E-state index contributed by atoms with van der Waals surface area (Å²) in [6.45, 7) is 0.432. The number of ether oxygens (including phenoxy) is 2. The maximum atomic E-state index is 13.0. The number of carbonyl (C=O) groups excluding carboxylic acids is 3. The molecule has 0 saturated carbocycles. The molecule has 3 aromatic carbocycles. The number of nitrogens with one attached hydrogen (secondary N) is 1. The van der Waals surface area contributed by atoms with Crippen molar-refractivity contribution >= 4 is 29.6 Å². The van der Waals surface area contributed by atoms with E-state index >= 15 is 0 Å². The molecule has 0 aromatic heterocycles. The summed E-state index contributed by atoms with van der Waals surface area (Å²) in [4.78, 5) is 38.5. The Labute approximate surface area is 184 Å². The van der Waals surface area contributed by atoms with Gasteiger partial charge in [0.1, 0.15) is 23.7 Å². The summed E-state index contributed by atoms with van der Waals surface area (Å²) in [6.07, 6.45) is 1.45. The molecule has 0 radical (unpaired) electrons. The summed E-state index contributed by atoms with van der Waals surface area (Å²) in [7, 11) is 1.52. The molecule has 1 aliphatic rings. The van der Waals surface area contributed by atoms with Gasteiger partial charge in [-0.25, -0.2) is 9.69 Å². The van der Waals surface area contributed by atoms with E-state index in [4.69, 9.17) is 9.47 Å². The molecular weight excluding hydrogens is 408 g/mol. The Kier molecular flexibility index (Phi) is 5.98. The predicted molar refractivity (Wildman–Crippen MR) is 119 cm³/mol. The van der Waals surface area contributed by atoms with Crippen molar-refractivity contribution in [2.75, 3.05) is 12.0 Å². The van der Waals surface area contributed by atoms with Crippen molar-refractivity contribution in [3.8, 4) is 11.5 Å². The number of barbiturate groups is 1. The second-order valence-electron chi connectivity index (χ2n) is 7.00. The summed E-state index contributed by atoms with van der Waals surface area (Å²) in [5.41, 5.74) is 1.86. The lowest BCUT2D eigenvalue weighted by Gasteiger charge is -2.26. The molecule has 0 spiro atoms. The van der Waals surface area contributed by atoms with Gasteiger partial charge in [0, 0.05) is 0 Å². The van der Waals surface area contributed by atoms with Crippen molar-refractivity contribution in [1.29, 1.82) is 0 Å². The summed E-state index contributed by atoms with van der Waals surface area (Å²) in [6, 6.07) is 22.4. The molecule has 7 nitrogen and oxygen atoms in total. The zero-order chi connectivity index (χ0) is 22.5. The minimum absolute atomic E-state index is 0.140. The highest BCUT2D eigenvalue weighted by molar-refractivity contribution is 6.39. The van der Waals surface area contributed by atoms with E-state index in [9.17, 15) is 14.4 Å². The second-order valence-corrected chi connectivity index (χ2v) is 7.00. The molecule has 7 heteroatoms. The van der Waals surface area contributed by atoms with Gasteiger partial charge >= 0.3 is 6.03 Å². The summed E-state index contributed by atoms with van der Waals surface area (Å²) in [5.74, 6) is -0.201. The number of hydrogen-bond donors (Lipinski definition) is 1. The average molecular weight is 428 g/mol. The van der Waals surface area contributed by atoms with Crippen LogP contribution >= 0.6 is 0 Å². The molecule has 1 aliphatic heterocycles. The Bertz CT molecular complexity index is 1170. The van der Waals surface area contributed by atoms with Crippen LogP contribution in [0.15, 0.2) is 84.4 Å². The fourth-order valence-electron chi connectivity index (χ4n) is 3.19. The van der Waals surface area contributed by atoms with Gasteiger partial charge in [-0.05, 0) is 53.6 Å². The Morgan fingerprint density at radius 1 is 0.844 bits per heavy atom. The van der Waals surface area contributed by atoms with E-state index in [0.717, 1.165) is 10.5 Å². The van der Waals surface area contributed by atoms with Crippen molar-refractivity contribution < 1.29 is 23.9 Å². The van der Waals surface area contributed by atoms with Crippen LogP contribution < -0.4 is 19.7 Å². The Morgan fingerprint density at radius 3 is 2.16 bits per heavy atom. The van der Waals surface area contributed by atoms with Gasteiger partial charge in [0.05, 0.1) is 12.8 Å². The smallest absolute Gasteiger partial charge is 0.335 e. The molecule has 1 N–H and O–H groups in total. The quantitative estimate of drug-likeness (QED) is 0.475. The molecule has 1 saturated heterocycles. The zero-order valence-corrected chi connectivity index (χ0v) is 17.3. The summed E-state index contributed by atoms with van der Waals surface area (Å²) >= 11 is 0. The van der Waals surface area contributed by atoms with Crippen molar-refractivity contribution in [2.24, 2.45) is 0 Å². The normalized spacial score (nSPS) is 15.0. The standard InChI is InChI=1S/C25H20N2O5/c1-31-20-13-9-19(10-14-20)27-24(29)22(23(28)26-25(27)30)15-17-7-11-21(12-8-17)32-16-18-5-3-2-4-6-18/h2-15H,16H2,1H3,(H,26,28,30)/b22-15+. The van der Waals surface area contributed by atoms with Crippen molar-refractivity contribution in [3.63, 3.8) is 0 Å². The van der Waals surface area contributed by atoms with Crippen LogP contribution in [-0.2, 0) is 16.2 Å². The first kappa shape index (κ1) is 20.9. The lowest BCUT2D eigenvalue weighted by atomic mass is 10.1. The third kappa shape index (κ3) is 4.52. The topological polar surface area (TPSA) is 84.9 Å². The SMILES string of the molecule is COc1ccc(N2C(=O)NC(=O)/C(=C\c3ccc(OCc4ccccc4)cc3)C2=O)cc1. The molecule has 1 fully saturated rings. The fourth-order valence-corrected chi connectivity index (χ4v) is 3.19. The predicted octanol–water partition coefficient (Wildman–Crippen LogP) is 3.94. The molecule has 3 aromatic rings. The highest BCUT2D eigenvalue weighted by Crippen LogP contribution is 2.24. The van der Waals surface area contributed by atoms with Crippen LogP contribution in [0.1, 0.15) is 11.1 Å². The highest BCUT2D eigenvalue weighted by Gasteiger charge is 2.36. The van der Waals surface area contributed by atoms with Gasteiger partial charge < -0.3 is 9.47 Å². The van der Waals surface area contributed by atoms with Gasteiger partial charge in [-0.3, -0.25) is 14.9 Å². The molecule has 0 atom stereocenters. The van der Waals surface area contributed by atoms with Gasteiger partial charge in [-0.2, -0.15) is 0 Å². The largest absolute Gasteiger partial charge is 0.497 e. The lowest BCUT2D eigenvalue weighted by molar-refractivity contribution is -0.122. The maximum Gasteiger partial charge on any atom is 0.335 e. The van der Waals surface area contributed by atoms with E-state index in [1.807, 2.05) is 30.3 Å². The van der Waals surface area contributed by atoms with E-state index in [1.54, 1.807) is 48.5 Å². The number of anilines is 1. The average Bonchev–Trinajstić information content (AvgIpc) is 2.82. The van der Waals surface area contributed by atoms with Crippen LogP contribution in [0.4, 0.5) is 10.5 Å². The van der Waals surface area contributed by atoms with Crippen molar-refractivity contribution in [1.82, 2.24) is 5.32 Å². The summed E-state index contributed by atoms with van der Waals surface area (Å²) < 4.78 is 10.9. The van der Waals surface area contributed by atoms with Crippen LogP contribution in [0.2, 0.25) is 0 Å². The molecular formula is C25H20N2O5. The van der Waals surface area contributed by atoms with Crippen molar-refractivity contribution in [3.05, 3.63) is 95.6 Å². The number of imide groups is 2. The van der Waals surface area contributed by atoms with Gasteiger partial charge in [-0.1, -0.05) is 42.5 Å². The van der Waals surface area contributed by atoms with Gasteiger partial charge in [0.2, 0.25) is 0 Å². The van der Waals surface area contributed by atoms with Gasteiger partial charge in [-0.15, -0.1) is 0 Å². The van der Waals surface area contributed by atoms with Crippen LogP contribution in [0, 0.1) is 0 Å². The third-order valence-electron chi connectivity index (χ3n) is 4.87. The molecule has 0 bridgehead atoms. The van der Waals surface area contributed by atoms with Crippen molar-refractivity contribution in [2.45, 2.75) is 6.61 Å². The number of rotatable bonds is 6. The molecule has 0 aliphatic carbocycles. The van der Waals surface area contributed by atoms with Crippen LogP contribution in [0.3, 0.4) is 0 Å². The summed E-state index contributed by atoms with van der Waals surface area (Å²) in [5, 5.41) is 2.21. The first-order valence-corrected chi connectivity index (χ1v) is 9.87. The number of methoxy groups -OCH3 is 1. The van der Waals surface area contributed by atoms with Gasteiger partial charge in [0.25, 0.3) is 11.8 Å². The fraction of sp³-hybridized carbons (Fsp3) is 0.0800. The van der Waals surface area contributed by atoms with E-state index < -0.39 is 17.8 Å². The van der Waals surface area contributed by atoms with Gasteiger partial charge in [0.15, 0.2) is 0 Å². The number of benzene rings is 3. The van der Waals surface area contributed by atoms with Crippen LogP contribution in [0.5, 0.6) is 11.5 Å². The molecule has 32 heavy (non-hydrogen) atoms. The molecule has 1 heterocycles. The number of hydrogen-bond acceptors (Lipinski definition) is 5. The monoisotopic (exact) mass is 428 g/mol. The minimum atomic E-state index is -0.799. The maximum absolute atomic E-state index is 13.0. The van der Waals surface area contributed by atoms with Crippen LogP contribution in [0.25, 0.3) is 6.08 Å². The number of nitrogens with zero attached hydrogens (tertiary/aromatic N) is 1. The highest BCUT2D eigenvalue weighted by atomic mass is 16.5. The van der Waals surface area contributed by atoms with Crippen LogP contribution in [-0.4, -0.2) is 25.0 Å².